The van der Waals surface area contributed by atoms with Gasteiger partial charge in [-0.05, 0) is 169 Å². The molecule has 0 radical (unpaired) electrons. The maximum atomic E-state index is 12.8. The Morgan fingerprint density at radius 3 is 1.05 bits per heavy atom. The summed E-state index contributed by atoms with van der Waals surface area (Å²) in [6, 6.07) is 54.5. The fourth-order valence-electron chi connectivity index (χ4n) is 13.6. The first kappa shape index (κ1) is 103. The minimum absolute atomic E-state index is 0. The van der Waals surface area contributed by atoms with E-state index in [1.165, 1.54) is 55.2 Å². The van der Waals surface area contributed by atoms with Gasteiger partial charge in [-0.15, -0.1) is 0 Å². The van der Waals surface area contributed by atoms with Gasteiger partial charge in [0.05, 0.1) is 78.8 Å². The number of rotatable bonds is 30. The molecule has 11 heterocycles. The number of nitrogens with zero attached hydrogens (tertiary/aromatic N) is 22. The van der Waals surface area contributed by atoms with Crippen LogP contribution in [0.2, 0.25) is 0 Å². The molecule has 0 aliphatic heterocycles. The van der Waals surface area contributed by atoms with Gasteiger partial charge in [0.1, 0.15) is 28.6 Å². The lowest BCUT2D eigenvalue weighted by atomic mass is 10.1. The average molecular weight is 1870 g/mol. The van der Waals surface area contributed by atoms with E-state index in [9.17, 15) is 28.8 Å². The number of imidazole rings is 4. The Balaban J connectivity index is 0.000000178. The number of carboxylic acids is 1. The number of nitrogens with two attached hydrogens (primary N) is 2. The lowest BCUT2D eigenvalue weighted by molar-refractivity contribution is -0.135. The van der Waals surface area contributed by atoms with Gasteiger partial charge >= 0.3 is 24.0 Å². The summed E-state index contributed by atoms with van der Waals surface area (Å²) in [6.07, 6.45) is 32.6. The SMILES string of the molecule is C.COC(=O)c1cn(Cc2ccc(Cn3cccn3)cc2)cn1.Cc1cc(N)nc(C)c1CNC(=O)c1cn(Cc2ccc(Cn3cccn3)cc2)cn1.Cc1cc(NC(=O)OC(C)(C)C)nc(C)c1CNC(=O)c1cn(Cc2ccc(Cn3cccn3)cc2)cn1.NCc1ccc(Cn2cccn2)cc1.O=C(O)c1cn(Cc2ccc(Cn3cccn3)cc2)cn1.[C-]#[N+]/C(=C\N(C)C)C(=O)OC. The van der Waals surface area contributed by atoms with Crippen LogP contribution < -0.4 is 27.4 Å². The van der Waals surface area contributed by atoms with E-state index < -0.39 is 29.6 Å². The second-order valence-electron chi connectivity index (χ2n) is 32.7. The first-order valence-electron chi connectivity index (χ1n) is 43.4. The number of hydrogen-bond acceptors (Lipinski definition) is 23. The van der Waals surface area contributed by atoms with Gasteiger partial charge < -0.3 is 64.6 Å². The molecule has 0 atom stereocenters. The molecule has 0 saturated carbocycles. The topological polar surface area (TPSA) is 432 Å². The minimum atomic E-state index is -1.01. The zero-order valence-electron chi connectivity index (χ0n) is 78.2. The van der Waals surface area contributed by atoms with Gasteiger partial charge in [-0.1, -0.05) is 129 Å². The van der Waals surface area contributed by atoms with E-state index in [0.29, 0.717) is 80.2 Å². The Morgan fingerprint density at radius 2 is 0.768 bits per heavy atom. The molecule has 0 saturated heterocycles. The summed E-state index contributed by atoms with van der Waals surface area (Å²) < 4.78 is 31.1. The summed E-state index contributed by atoms with van der Waals surface area (Å²) in [5.74, 6) is -1.64. The van der Waals surface area contributed by atoms with Crippen LogP contribution in [-0.2, 0) is 97.5 Å². The number of aromatic nitrogens is 20. The molecule has 8 N–H and O–H groups in total. The Bertz CT molecular complexity index is 6540. The number of carbonyl (C=O) groups is 6. The Labute approximate surface area is 800 Å². The van der Waals surface area contributed by atoms with Crippen LogP contribution >= 0.6 is 0 Å². The number of nitrogen functional groups attached to an aromatic ring is 1. The van der Waals surface area contributed by atoms with Crippen molar-refractivity contribution < 1.29 is 48.1 Å². The normalized spacial score (nSPS) is 10.7. The molecule has 3 amide bonds. The quantitative estimate of drug-likeness (QED) is 0.0105. The highest BCUT2D eigenvalue weighted by molar-refractivity contribution is 5.93. The van der Waals surface area contributed by atoms with E-state index >= 15 is 0 Å². The van der Waals surface area contributed by atoms with Gasteiger partial charge in [0.15, 0.2) is 11.4 Å². The number of ether oxygens (including phenoxy) is 3. The fourth-order valence-corrected chi connectivity index (χ4v) is 13.6. The van der Waals surface area contributed by atoms with Crippen molar-refractivity contribution in [3.8, 4) is 0 Å². The van der Waals surface area contributed by atoms with Gasteiger partial charge in [0.2, 0.25) is 0 Å². The number of esters is 2. The van der Waals surface area contributed by atoms with Crippen LogP contribution in [0.4, 0.5) is 16.4 Å². The number of pyridine rings is 2. The zero-order valence-corrected chi connectivity index (χ0v) is 78.2. The van der Waals surface area contributed by atoms with Crippen molar-refractivity contribution in [2.24, 2.45) is 5.73 Å². The summed E-state index contributed by atoms with van der Waals surface area (Å²) in [7, 11) is 6.05. The van der Waals surface area contributed by atoms with E-state index in [-0.39, 0.29) is 30.6 Å². The number of amides is 3. The molecular weight excluding hydrogens is 1750 g/mol. The zero-order chi connectivity index (χ0) is 97.8. The van der Waals surface area contributed by atoms with Crippen LogP contribution in [0.5, 0.6) is 0 Å². The van der Waals surface area contributed by atoms with Crippen molar-refractivity contribution in [2.75, 3.05) is 39.4 Å². The highest BCUT2D eigenvalue weighted by Gasteiger charge is 2.21. The lowest BCUT2D eigenvalue weighted by Crippen LogP contribution is -2.28. The third-order valence-corrected chi connectivity index (χ3v) is 20.4. The number of benzene rings is 5. The third kappa shape index (κ3) is 33.2. The number of anilines is 2. The molecular formula is C101H115N27O10. The molecule has 0 aliphatic rings. The Hall–Kier alpha value is -17.3. The van der Waals surface area contributed by atoms with Crippen molar-refractivity contribution in [2.45, 2.75) is 140 Å². The molecule has 0 fully saturated rings. The summed E-state index contributed by atoms with van der Waals surface area (Å²) in [6.45, 7) is 27.2. The number of carbonyl (C=O) groups excluding carboxylic acids is 5. The van der Waals surface area contributed by atoms with E-state index in [1.54, 1.807) is 119 Å². The van der Waals surface area contributed by atoms with Crippen molar-refractivity contribution in [1.29, 1.82) is 0 Å². The van der Waals surface area contributed by atoms with Gasteiger partial charge in [-0.2, -0.15) is 25.5 Å². The molecule has 16 rings (SSSR count). The molecule has 5 aromatic carbocycles. The molecule has 0 unspecified atom stereocenters. The van der Waals surface area contributed by atoms with Gasteiger partial charge in [0.25, 0.3) is 17.5 Å². The van der Waals surface area contributed by atoms with E-state index in [0.717, 1.165) is 94.1 Å². The average Bonchev–Trinajstić information content (AvgIpc) is 1.37. The first-order valence-corrected chi connectivity index (χ1v) is 43.4. The number of aryl methyl sites for hydroxylation is 4. The highest BCUT2D eigenvalue weighted by Crippen LogP contribution is 2.22. The summed E-state index contributed by atoms with van der Waals surface area (Å²) in [5, 5.41) is 38.3. The van der Waals surface area contributed by atoms with Crippen LogP contribution in [0.25, 0.3) is 4.85 Å². The molecule has 0 spiro atoms. The Morgan fingerprint density at radius 1 is 0.457 bits per heavy atom. The van der Waals surface area contributed by atoms with Crippen molar-refractivity contribution in [1.82, 2.24) is 113 Å². The minimum Gasteiger partial charge on any atom is -0.476 e. The van der Waals surface area contributed by atoms with E-state index in [4.69, 9.17) is 27.9 Å². The van der Waals surface area contributed by atoms with Crippen LogP contribution in [0.3, 0.4) is 0 Å². The molecule has 0 aliphatic carbocycles. The van der Waals surface area contributed by atoms with E-state index in [1.807, 2.05) is 156 Å². The highest BCUT2D eigenvalue weighted by atomic mass is 16.6. The van der Waals surface area contributed by atoms with E-state index in [2.05, 4.69) is 183 Å². The van der Waals surface area contributed by atoms with Crippen LogP contribution in [0, 0.1) is 34.3 Å². The number of hydrogen-bond donors (Lipinski definition) is 6. The van der Waals surface area contributed by atoms with Crippen LogP contribution in [0.15, 0.2) is 288 Å². The van der Waals surface area contributed by atoms with Crippen LogP contribution in [0.1, 0.15) is 159 Å². The van der Waals surface area contributed by atoms with Crippen molar-refractivity contribution in [3.05, 3.63) is 411 Å². The van der Waals surface area contributed by atoms with Gasteiger partial charge in [-0.25, -0.2) is 49.1 Å². The second kappa shape index (κ2) is 51.1. The van der Waals surface area contributed by atoms with Crippen molar-refractivity contribution in [3.63, 3.8) is 0 Å². The monoisotopic (exact) mass is 1870 g/mol. The fraction of sp³-hybridized carbons (Fsp3) is 0.248. The molecule has 16 aromatic rings. The standard InChI is InChI=1S/C28H33N7O3.C23H25N7O.C16H16N4O2.C15H14N4O2.C11H13N3.C7H10N2O2.CH4/c1-19-13-25(33-27(37)38-28(3,4)5)32-20(2)23(19)14-29-26(36)24-17-34(18-30-24)15-21-7-9-22(10-8-21)16-35-12-6-11-31-35;1-16-10-22(24)28-17(2)20(16)11-25-23(31)21-14-29(15-26-21)12-18-4-6-19(7-5-18)13-30-9-3-8-27-30;1-22-16(21)15-11-19(12-17-15)9-13-3-5-14(6-4-13)10-20-8-2-7-18-20;20-15(21)14-10-18(11-16-14)8-12-2-4-13(5-3-12)9-19-7-1-6-17-19;12-8-10-2-4-11(5-3-10)9-14-7-1-6-13-14;1-8-6(5-9(2)3)7(10)11-4;/h6-13,17-18H,14-16H2,1-5H3,(H,29,36)(H,32,33,37);3-10,14-15H,11-13H2,1-2H3,(H2,24,28)(H,25,31);2-8,11-12H,9-10H2,1H3;1-7,10-11H,8-9H2,(H,20,21);1-7H,8-9,12H2;5H,2-4H3;1H4/b;;;;;6-5-;. The Kier molecular flexibility index (Phi) is 38.1. The molecule has 714 valence electrons. The number of aromatic carboxylic acids is 1. The first-order chi connectivity index (χ1) is 66.0. The lowest BCUT2D eigenvalue weighted by Gasteiger charge is -2.20. The summed E-state index contributed by atoms with van der Waals surface area (Å²) >= 11 is 0. The number of carboxylic acid groups (broad SMARTS) is 1. The second-order valence-corrected chi connectivity index (χ2v) is 32.7. The predicted molar refractivity (Wildman–Crippen MR) is 522 cm³/mol. The van der Waals surface area contributed by atoms with Crippen molar-refractivity contribution >= 4 is 47.5 Å². The third-order valence-electron chi connectivity index (χ3n) is 20.4. The maximum absolute atomic E-state index is 12.8. The predicted octanol–water partition coefficient (Wildman–Crippen LogP) is 13.5. The summed E-state index contributed by atoms with van der Waals surface area (Å²) in [5.41, 5.74) is 28.6. The molecule has 37 nitrogen and oxygen atoms in total. The number of methoxy groups -OCH3 is 2. The molecule has 138 heavy (non-hydrogen) atoms. The molecule has 37 heteroatoms. The maximum Gasteiger partial charge on any atom is 0.413 e. The molecule has 11 aromatic heterocycles. The smallest absolute Gasteiger partial charge is 0.413 e. The number of nitrogens with one attached hydrogen (secondary N) is 3. The summed E-state index contributed by atoms with van der Waals surface area (Å²) in [4.78, 5) is 99.9. The van der Waals surface area contributed by atoms with Gasteiger partial charge in [-0.3, -0.25) is 43.1 Å². The van der Waals surface area contributed by atoms with Gasteiger partial charge in [0, 0.05) is 164 Å². The molecule has 0 bridgehead atoms. The van der Waals surface area contributed by atoms with Crippen LogP contribution in [-0.4, -0.2) is 177 Å². The largest absolute Gasteiger partial charge is 0.476 e.